The normalized spacial score (nSPS) is 18.3. The molecule has 0 saturated carbocycles. The molecule has 1 fully saturated rings. The summed E-state index contributed by atoms with van der Waals surface area (Å²) in [6, 6.07) is 22.5. The van der Waals surface area contributed by atoms with E-state index >= 15 is 0 Å². The van der Waals surface area contributed by atoms with Crippen molar-refractivity contribution >= 4 is 17.3 Å². The Labute approximate surface area is 227 Å². The lowest BCUT2D eigenvalue weighted by molar-refractivity contribution is -0.138. The van der Waals surface area contributed by atoms with E-state index in [0.29, 0.717) is 35.7 Å². The monoisotopic (exact) mass is 534 g/mol. The van der Waals surface area contributed by atoms with Gasteiger partial charge in [-0.15, -0.1) is 0 Å². The molecule has 0 aliphatic carbocycles. The average molecular weight is 535 g/mol. The van der Waals surface area contributed by atoms with Gasteiger partial charge >= 0.3 is 5.97 Å². The van der Waals surface area contributed by atoms with Gasteiger partial charge in [-0.3, -0.25) is 4.79 Å². The zero-order valence-corrected chi connectivity index (χ0v) is 20.8. The molecule has 6 N–H and O–H groups in total. The molecular weight excluding hydrogens is 500 g/mol. The van der Waals surface area contributed by atoms with Crippen LogP contribution >= 0.6 is 0 Å². The van der Waals surface area contributed by atoms with Gasteiger partial charge in [-0.05, 0) is 42.7 Å². The molecule has 11 heteroatoms. The summed E-state index contributed by atoms with van der Waals surface area (Å²) in [7, 11) is 1.78. The standard InChI is InChI=1S/C13H15N5O2.C8H9NO2.C6H6O.CH4/c1-15-12-10-2-3-11(18(10)17-8-16-12)13(7-14)5-4-9(6-19)20-13;9-7(8(10)11)6-4-2-1-3-5-6;7-6-4-2-1-3-5-6;/h2-3,8-9,19H,4-6H2,1H3,(H,15,16,17);1-5,7H,9H2,(H,10,11);1-5,7H;1H4/t9?,13-;;;/m0.../s1. The average Bonchev–Trinajstić information content (AvgIpc) is 3.59. The van der Waals surface area contributed by atoms with Crippen molar-refractivity contribution in [3.8, 4) is 11.8 Å². The predicted molar refractivity (Wildman–Crippen MR) is 147 cm³/mol. The third kappa shape index (κ3) is 7.52. The minimum absolute atomic E-state index is 0. The quantitative estimate of drug-likeness (QED) is 0.254. The number of aliphatic carboxylic acids is 1. The van der Waals surface area contributed by atoms with Crippen LogP contribution in [0.2, 0.25) is 0 Å². The van der Waals surface area contributed by atoms with E-state index in [4.69, 9.17) is 20.7 Å². The number of nitrogens with zero attached hydrogens (tertiary/aromatic N) is 4. The molecule has 1 saturated heterocycles. The molecular formula is C28H34N6O5. The third-order valence-corrected chi connectivity index (χ3v) is 5.85. The molecule has 0 amide bonds. The summed E-state index contributed by atoms with van der Waals surface area (Å²) in [5, 5.41) is 43.1. The minimum atomic E-state index is -1.06. The summed E-state index contributed by atoms with van der Waals surface area (Å²) in [6.07, 6.45) is 2.33. The molecule has 5 rings (SSSR count). The van der Waals surface area contributed by atoms with Crippen molar-refractivity contribution in [2.45, 2.75) is 38.0 Å². The zero-order valence-electron chi connectivity index (χ0n) is 20.8. The lowest BCUT2D eigenvalue weighted by atomic mass is 9.98. The Morgan fingerprint density at radius 3 is 2.33 bits per heavy atom. The number of para-hydroxylation sites is 1. The number of phenols is 1. The Morgan fingerprint density at radius 2 is 1.85 bits per heavy atom. The van der Waals surface area contributed by atoms with Crippen molar-refractivity contribution in [3.63, 3.8) is 0 Å². The molecule has 0 bridgehead atoms. The number of nitrogens with two attached hydrogens (primary N) is 1. The first-order valence-corrected chi connectivity index (χ1v) is 11.8. The number of benzene rings is 2. The molecule has 206 valence electrons. The number of phenolic OH excluding ortho intramolecular Hbond substituents is 1. The molecule has 0 radical (unpaired) electrons. The number of hydrogen-bond acceptors (Lipinski definition) is 9. The molecule has 4 aromatic rings. The molecule has 1 aliphatic rings. The predicted octanol–water partition coefficient (Wildman–Crippen LogP) is 3.46. The topological polar surface area (TPSA) is 179 Å². The number of anilines is 1. The van der Waals surface area contributed by atoms with E-state index in [1.54, 1.807) is 60.1 Å². The second kappa shape index (κ2) is 14.4. The van der Waals surface area contributed by atoms with Crippen LogP contribution in [0.1, 0.15) is 37.6 Å². The molecule has 2 aromatic carbocycles. The molecule has 2 unspecified atom stereocenters. The number of rotatable bonds is 5. The van der Waals surface area contributed by atoms with Crippen LogP contribution in [0.5, 0.6) is 5.75 Å². The van der Waals surface area contributed by atoms with Gasteiger partial charge in [0.2, 0.25) is 0 Å². The van der Waals surface area contributed by atoms with Crippen molar-refractivity contribution in [2.24, 2.45) is 5.73 Å². The van der Waals surface area contributed by atoms with Gasteiger partial charge in [0.15, 0.2) is 11.4 Å². The van der Waals surface area contributed by atoms with Crippen LogP contribution in [0.15, 0.2) is 79.1 Å². The first-order valence-electron chi connectivity index (χ1n) is 11.8. The minimum Gasteiger partial charge on any atom is -0.508 e. The Kier molecular flexibility index (Phi) is 11.4. The molecule has 39 heavy (non-hydrogen) atoms. The van der Waals surface area contributed by atoms with Gasteiger partial charge in [0.05, 0.1) is 18.4 Å². The summed E-state index contributed by atoms with van der Waals surface area (Å²) in [4.78, 5) is 14.5. The van der Waals surface area contributed by atoms with Crippen molar-refractivity contribution < 1.29 is 24.9 Å². The summed E-state index contributed by atoms with van der Waals surface area (Å²) in [5.74, 6) is 0.00902. The number of nitrogens with one attached hydrogen (secondary N) is 1. The van der Waals surface area contributed by atoms with Gasteiger partial charge in [0.25, 0.3) is 0 Å². The maximum atomic E-state index is 10.4. The lowest BCUT2D eigenvalue weighted by Crippen LogP contribution is -2.27. The van der Waals surface area contributed by atoms with Crippen molar-refractivity contribution in [2.75, 3.05) is 19.0 Å². The number of aliphatic hydroxyl groups excluding tert-OH is 1. The zero-order chi connectivity index (χ0) is 27.5. The highest BCUT2D eigenvalue weighted by atomic mass is 16.5. The van der Waals surface area contributed by atoms with Crippen LogP contribution in [-0.4, -0.2) is 55.6 Å². The summed E-state index contributed by atoms with van der Waals surface area (Å²) in [6.45, 7) is -0.0799. The van der Waals surface area contributed by atoms with Crippen molar-refractivity contribution in [1.82, 2.24) is 14.6 Å². The third-order valence-electron chi connectivity index (χ3n) is 5.85. The number of fused-ring (bicyclic) bond motifs is 1. The number of nitriles is 1. The van der Waals surface area contributed by atoms with E-state index < -0.39 is 17.6 Å². The fourth-order valence-electron chi connectivity index (χ4n) is 3.89. The van der Waals surface area contributed by atoms with E-state index in [-0.39, 0.29) is 20.1 Å². The van der Waals surface area contributed by atoms with Gasteiger partial charge in [0, 0.05) is 7.05 Å². The molecule has 3 heterocycles. The number of aromatic nitrogens is 3. The van der Waals surface area contributed by atoms with Crippen LogP contribution in [0.3, 0.4) is 0 Å². The van der Waals surface area contributed by atoms with E-state index in [1.807, 2.05) is 24.3 Å². The summed E-state index contributed by atoms with van der Waals surface area (Å²) < 4.78 is 7.43. The number of carbonyl (C=O) groups is 1. The Balaban J connectivity index is 0.000000236. The molecule has 11 nitrogen and oxygen atoms in total. The first kappa shape index (κ1) is 30.7. The van der Waals surface area contributed by atoms with Gasteiger partial charge in [-0.1, -0.05) is 56.0 Å². The number of carboxylic acids is 1. The number of ether oxygens (including phenoxy) is 1. The number of aromatic hydroxyl groups is 1. The van der Waals surface area contributed by atoms with Crippen LogP contribution in [0, 0.1) is 11.3 Å². The fourth-order valence-corrected chi connectivity index (χ4v) is 3.89. The highest BCUT2D eigenvalue weighted by molar-refractivity contribution is 5.75. The van der Waals surface area contributed by atoms with Crippen molar-refractivity contribution in [3.05, 3.63) is 90.4 Å². The summed E-state index contributed by atoms with van der Waals surface area (Å²) >= 11 is 0. The Bertz CT molecular complexity index is 1360. The van der Waals surface area contributed by atoms with E-state index in [9.17, 15) is 15.2 Å². The maximum absolute atomic E-state index is 10.4. The lowest BCUT2D eigenvalue weighted by Gasteiger charge is -2.21. The first-order chi connectivity index (χ1) is 18.3. The van der Waals surface area contributed by atoms with Crippen LogP contribution < -0.4 is 11.1 Å². The largest absolute Gasteiger partial charge is 0.508 e. The SMILES string of the molecule is C.CNc1ncnn2c([C@@]3(C#N)CCC(CO)O3)ccc12.NC(C(=O)O)c1ccccc1.Oc1ccccc1. The maximum Gasteiger partial charge on any atom is 0.325 e. The smallest absolute Gasteiger partial charge is 0.325 e. The van der Waals surface area contributed by atoms with Gasteiger partial charge < -0.3 is 31.1 Å². The number of hydrogen-bond donors (Lipinski definition) is 5. The van der Waals surface area contributed by atoms with Crippen LogP contribution in [-0.2, 0) is 15.1 Å². The molecule has 2 aromatic heterocycles. The Hall–Kier alpha value is -4.50. The summed E-state index contributed by atoms with van der Waals surface area (Å²) in [5.41, 5.74) is 6.37. The van der Waals surface area contributed by atoms with E-state index in [0.717, 1.165) is 5.52 Å². The van der Waals surface area contributed by atoms with Gasteiger partial charge in [-0.25, -0.2) is 9.50 Å². The van der Waals surface area contributed by atoms with Crippen LogP contribution in [0.4, 0.5) is 5.82 Å². The van der Waals surface area contributed by atoms with Crippen molar-refractivity contribution in [1.29, 1.82) is 5.26 Å². The van der Waals surface area contributed by atoms with E-state index in [2.05, 4.69) is 21.5 Å². The second-order valence-corrected chi connectivity index (χ2v) is 8.34. The fraction of sp³-hybridized carbons (Fsp3) is 0.286. The van der Waals surface area contributed by atoms with Gasteiger partial charge in [0.1, 0.15) is 29.7 Å². The molecule has 0 spiro atoms. The van der Waals surface area contributed by atoms with E-state index in [1.165, 1.54) is 6.33 Å². The number of aliphatic hydroxyl groups is 1. The number of carboxylic acid groups (broad SMARTS) is 1. The highest BCUT2D eigenvalue weighted by Crippen LogP contribution is 2.39. The van der Waals surface area contributed by atoms with Gasteiger partial charge in [-0.2, -0.15) is 10.4 Å². The van der Waals surface area contributed by atoms with Crippen LogP contribution in [0.25, 0.3) is 5.52 Å². The molecule has 3 atom stereocenters. The molecule has 1 aliphatic heterocycles. The second-order valence-electron chi connectivity index (χ2n) is 8.34. The Morgan fingerprint density at radius 1 is 1.21 bits per heavy atom. The highest BCUT2D eigenvalue weighted by Gasteiger charge is 2.44.